The first-order valence-electron chi connectivity index (χ1n) is 12.1. The normalized spacial score (nSPS) is 15.2. The molecule has 196 valence electrons. The molecule has 0 aliphatic carbocycles. The Morgan fingerprint density at radius 2 is 1.76 bits per heavy atom. The number of Topliss-reactive ketones (excluding diaryl/α,β-unsaturated/α-hetero) is 1. The molecule has 1 unspecified atom stereocenters. The van der Waals surface area contributed by atoms with Gasteiger partial charge < -0.3 is 26.0 Å². The molecular formula is C28H30N6O4. The lowest BCUT2D eigenvalue weighted by atomic mass is 9.88. The maximum atomic E-state index is 13.9. The number of aliphatic hydroxyl groups is 1. The summed E-state index contributed by atoms with van der Waals surface area (Å²) >= 11 is 0. The van der Waals surface area contributed by atoms with Gasteiger partial charge in [0.2, 0.25) is 6.17 Å². The van der Waals surface area contributed by atoms with Crippen LogP contribution < -0.4 is 20.9 Å². The number of aliphatic hydroxyl groups excluding tert-OH is 1. The lowest BCUT2D eigenvalue weighted by molar-refractivity contribution is -0.129. The number of benzodiazepines with no additional fused rings is 1. The van der Waals surface area contributed by atoms with Crippen LogP contribution in [0.1, 0.15) is 25.1 Å². The zero-order valence-electron chi connectivity index (χ0n) is 21.4. The van der Waals surface area contributed by atoms with Crippen molar-refractivity contribution < 1.29 is 19.5 Å². The van der Waals surface area contributed by atoms with Gasteiger partial charge in [0.1, 0.15) is 0 Å². The van der Waals surface area contributed by atoms with Crippen molar-refractivity contribution in [3.05, 3.63) is 84.2 Å². The Morgan fingerprint density at radius 1 is 1.03 bits per heavy atom. The highest BCUT2D eigenvalue weighted by Crippen LogP contribution is 2.29. The second-order valence-corrected chi connectivity index (χ2v) is 9.43. The second-order valence-electron chi connectivity index (χ2n) is 9.43. The Kier molecular flexibility index (Phi) is 7.82. The highest BCUT2D eigenvalue weighted by atomic mass is 16.3. The number of nitrogens with one attached hydrogen (secondary N) is 3. The predicted octanol–water partition coefficient (Wildman–Crippen LogP) is 3.04. The van der Waals surface area contributed by atoms with E-state index in [9.17, 15) is 19.5 Å². The van der Waals surface area contributed by atoms with Gasteiger partial charge in [0.15, 0.2) is 5.78 Å². The Hall–Kier alpha value is -4.57. The molecule has 10 nitrogen and oxygen atoms in total. The number of nitrogens with zero attached hydrogens (tertiary/aromatic N) is 3. The van der Waals surface area contributed by atoms with Gasteiger partial charge in [-0.15, -0.1) is 0 Å². The molecule has 0 saturated carbocycles. The monoisotopic (exact) mass is 514 g/mol. The van der Waals surface area contributed by atoms with Gasteiger partial charge in [-0.3, -0.25) is 14.6 Å². The van der Waals surface area contributed by atoms with Crippen LogP contribution >= 0.6 is 0 Å². The molecule has 1 atom stereocenters. The van der Waals surface area contributed by atoms with E-state index in [2.05, 4.69) is 25.9 Å². The van der Waals surface area contributed by atoms with Crippen molar-refractivity contribution in [1.82, 2.24) is 10.3 Å². The molecule has 3 aromatic rings. The number of anilines is 3. The summed E-state index contributed by atoms with van der Waals surface area (Å²) in [5.74, 6) is -0.930. The third-order valence-corrected chi connectivity index (χ3v) is 6.24. The topological polar surface area (TPSA) is 136 Å². The number of pyridine rings is 1. The van der Waals surface area contributed by atoms with Crippen LogP contribution in [0.3, 0.4) is 0 Å². The Bertz CT molecular complexity index is 1370. The summed E-state index contributed by atoms with van der Waals surface area (Å²) in [7, 11) is 1.77. The zero-order chi connectivity index (χ0) is 27.3. The van der Waals surface area contributed by atoms with Gasteiger partial charge in [0, 0.05) is 35.6 Å². The van der Waals surface area contributed by atoms with E-state index in [1.165, 1.54) is 4.90 Å². The summed E-state index contributed by atoms with van der Waals surface area (Å²) in [5, 5.41) is 18.1. The minimum Gasteiger partial charge on any atom is -0.395 e. The molecule has 0 spiro atoms. The third-order valence-electron chi connectivity index (χ3n) is 6.24. The number of benzene rings is 2. The molecule has 1 aliphatic heterocycles. The van der Waals surface area contributed by atoms with Crippen molar-refractivity contribution in [2.75, 3.05) is 35.7 Å². The van der Waals surface area contributed by atoms with E-state index in [4.69, 9.17) is 0 Å². The Morgan fingerprint density at radius 3 is 2.47 bits per heavy atom. The number of aliphatic imine (C=N–C) groups is 1. The van der Waals surface area contributed by atoms with Crippen LogP contribution in [0, 0.1) is 5.41 Å². The lowest BCUT2D eigenvalue weighted by Crippen LogP contribution is -2.51. The number of para-hydroxylation sites is 1. The Balaban J connectivity index is 1.74. The maximum Gasteiger partial charge on any atom is 0.321 e. The largest absolute Gasteiger partial charge is 0.395 e. The average molecular weight is 515 g/mol. The number of urea groups is 1. The van der Waals surface area contributed by atoms with Crippen LogP contribution in [-0.4, -0.2) is 59.9 Å². The van der Waals surface area contributed by atoms with Gasteiger partial charge >= 0.3 is 6.03 Å². The second kappa shape index (κ2) is 11.2. The fourth-order valence-corrected chi connectivity index (χ4v) is 3.88. The molecule has 0 saturated heterocycles. The van der Waals surface area contributed by atoms with Crippen molar-refractivity contribution in [1.29, 1.82) is 0 Å². The van der Waals surface area contributed by atoms with Crippen molar-refractivity contribution in [3.63, 3.8) is 0 Å². The summed E-state index contributed by atoms with van der Waals surface area (Å²) in [6.45, 7) is 2.54. The van der Waals surface area contributed by atoms with E-state index < -0.39 is 23.5 Å². The zero-order valence-corrected chi connectivity index (χ0v) is 21.4. The van der Waals surface area contributed by atoms with E-state index in [0.717, 1.165) is 5.69 Å². The summed E-state index contributed by atoms with van der Waals surface area (Å²) in [6, 6.07) is 18.8. The third kappa shape index (κ3) is 5.70. The van der Waals surface area contributed by atoms with Crippen molar-refractivity contribution >= 4 is 40.5 Å². The lowest BCUT2D eigenvalue weighted by Gasteiger charge is -2.28. The van der Waals surface area contributed by atoms with E-state index in [1.807, 2.05) is 6.07 Å². The summed E-state index contributed by atoms with van der Waals surface area (Å²) < 4.78 is 0. The number of amides is 3. The average Bonchev–Trinajstić information content (AvgIpc) is 3.04. The highest BCUT2D eigenvalue weighted by Gasteiger charge is 2.37. The number of hydrogen-bond donors (Lipinski definition) is 4. The van der Waals surface area contributed by atoms with Gasteiger partial charge in [0.25, 0.3) is 5.91 Å². The smallest absolute Gasteiger partial charge is 0.321 e. The number of rotatable bonds is 8. The van der Waals surface area contributed by atoms with Crippen LogP contribution in [0.2, 0.25) is 0 Å². The fraction of sp³-hybridized carbons (Fsp3) is 0.250. The minimum atomic E-state index is -1.35. The Labute approximate surface area is 220 Å². The number of carbonyl (C=O) groups is 3. The van der Waals surface area contributed by atoms with Gasteiger partial charge in [-0.1, -0.05) is 44.2 Å². The van der Waals surface area contributed by atoms with Gasteiger partial charge in [0.05, 0.1) is 30.2 Å². The molecular weight excluding hydrogens is 484 g/mol. The molecule has 3 amide bonds. The van der Waals surface area contributed by atoms with Crippen LogP contribution in [0.5, 0.6) is 0 Å². The standard InChI is InChI=1S/C28H30N6O4/c1-28(2,17-35)23(36)16-34-22-13-5-4-11-20(22)24(21-12-6-7-14-30-21)32-25(26(34)37)33-27(38)31-19-10-8-9-18(15-19)29-3/h4-15,25,29,35H,16-17H2,1-3H3,(H2,31,33,38). The van der Waals surface area contributed by atoms with E-state index >= 15 is 0 Å². The molecule has 38 heavy (non-hydrogen) atoms. The fourth-order valence-electron chi connectivity index (χ4n) is 3.88. The van der Waals surface area contributed by atoms with E-state index in [-0.39, 0.29) is 18.9 Å². The summed E-state index contributed by atoms with van der Waals surface area (Å²) in [5.41, 5.74) is 2.19. The molecule has 0 bridgehead atoms. The molecule has 2 aromatic carbocycles. The summed E-state index contributed by atoms with van der Waals surface area (Å²) in [4.78, 5) is 50.3. The molecule has 4 rings (SSSR count). The molecule has 10 heteroatoms. The van der Waals surface area contributed by atoms with Gasteiger partial charge in [-0.25, -0.2) is 9.79 Å². The molecule has 1 aromatic heterocycles. The van der Waals surface area contributed by atoms with Crippen molar-refractivity contribution in [3.8, 4) is 0 Å². The van der Waals surface area contributed by atoms with Gasteiger partial charge in [-0.05, 0) is 36.4 Å². The number of ketones is 1. The minimum absolute atomic E-state index is 0.307. The quantitative estimate of drug-likeness (QED) is 0.365. The molecule has 2 heterocycles. The predicted molar refractivity (Wildman–Crippen MR) is 146 cm³/mol. The number of aromatic nitrogens is 1. The molecule has 0 fully saturated rings. The molecule has 4 N–H and O–H groups in total. The number of hydrogen-bond acceptors (Lipinski definition) is 7. The SMILES string of the molecule is CNc1cccc(NC(=O)NC2N=C(c3ccccn3)c3ccccc3N(CC(=O)C(C)(C)CO)C2=O)c1. The van der Waals surface area contributed by atoms with Gasteiger partial charge in [-0.2, -0.15) is 0 Å². The first-order chi connectivity index (χ1) is 18.2. The van der Waals surface area contributed by atoms with Crippen molar-refractivity contribution in [2.45, 2.75) is 20.0 Å². The molecule has 0 radical (unpaired) electrons. The van der Waals surface area contributed by atoms with E-state index in [0.29, 0.717) is 28.3 Å². The number of carbonyl (C=O) groups excluding carboxylic acids is 3. The summed E-state index contributed by atoms with van der Waals surface area (Å²) in [6.07, 6.45) is 0.263. The van der Waals surface area contributed by atoms with E-state index in [1.54, 1.807) is 87.8 Å². The number of fused-ring (bicyclic) bond motifs is 1. The van der Waals surface area contributed by atoms with Crippen LogP contribution in [0.4, 0.5) is 21.9 Å². The van der Waals surface area contributed by atoms with Crippen LogP contribution in [-0.2, 0) is 9.59 Å². The van der Waals surface area contributed by atoms with Crippen LogP contribution in [0.25, 0.3) is 0 Å². The van der Waals surface area contributed by atoms with Crippen LogP contribution in [0.15, 0.2) is 77.9 Å². The molecule has 1 aliphatic rings. The first-order valence-corrected chi connectivity index (χ1v) is 12.1. The van der Waals surface area contributed by atoms with Crippen molar-refractivity contribution in [2.24, 2.45) is 10.4 Å². The first kappa shape index (κ1) is 26.5. The highest BCUT2D eigenvalue weighted by molar-refractivity contribution is 6.20. The maximum absolute atomic E-state index is 13.9.